The van der Waals surface area contributed by atoms with Gasteiger partial charge in [0.05, 0.1) is 5.54 Å². The van der Waals surface area contributed by atoms with Gasteiger partial charge in [0.15, 0.2) is 0 Å². The molecule has 1 fully saturated rings. The van der Waals surface area contributed by atoms with E-state index in [1.807, 2.05) is 13.8 Å². The zero-order valence-electron chi connectivity index (χ0n) is 15.5. The molecule has 0 atom stereocenters. The molecule has 132 valence electrons. The number of hydrazine groups is 1. The third kappa shape index (κ3) is 3.77. The maximum absolute atomic E-state index is 12.3. The van der Waals surface area contributed by atoms with Gasteiger partial charge in [0, 0.05) is 5.57 Å². The van der Waals surface area contributed by atoms with Crippen LogP contribution in [0.5, 0.6) is 0 Å². The average Bonchev–Trinajstić information content (AvgIpc) is 2.86. The molecule has 0 bridgehead atoms. The van der Waals surface area contributed by atoms with Crippen LogP contribution in [0.15, 0.2) is 42.0 Å². The summed E-state index contributed by atoms with van der Waals surface area (Å²) in [6, 6.07) is 12.9. The zero-order chi connectivity index (χ0) is 17.9. The van der Waals surface area contributed by atoms with Gasteiger partial charge in [-0.15, -0.1) is 0 Å². The molecule has 0 unspecified atom stereocenters. The summed E-state index contributed by atoms with van der Waals surface area (Å²) < 4.78 is 0. The molecule has 3 rings (SSSR count). The molecular formula is C22H28N2O. The van der Waals surface area contributed by atoms with E-state index in [4.69, 9.17) is 0 Å². The summed E-state index contributed by atoms with van der Waals surface area (Å²) in [5.41, 5.74) is 8.77. The van der Waals surface area contributed by atoms with Crippen molar-refractivity contribution in [1.82, 2.24) is 10.9 Å². The van der Waals surface area contributed by atoms with E-state index < -0.39 is 0 Å². The minimum Gasteiger partial charge on any atom is -0.287 e. The fourth-order valence-electron chi connectivity index (χ4n) is 3.49. The Morgan fingerprint density at radius 3 is 2.56 bits per heavy atom. The van der Waals surface area contributed by atoms with Crippen molar-refractivity contribution in [1.29, 1.82) is 0 Å². The molecule has 1 aliphatic heterocycles. The number of amides is 1. The molecule has 1 aliphatic rings. The molecule has 1 saturated heterocycles. The highest BCUT2D eigenvalue weighted by molar-refractivity contribution is 6.04. The molecule has 2 aromatic rings. The number of carbonyl (C=O) groups excluding carboxylic acids is 1. The molecular weight excluding hydrogens is 308 g/mol. The van der Waals surface area contributed by atoms with E-state index in [9.17, 15) is 4.79 Å². The van der Waals surface area contributed by atoms with E-state index in [-0.39, 0.29) is 11.4 Å². The molecule has 25 heavy (non-hydrogen) atoms. The number of benzene rings is 2. The molecule has 0 spiro atoms. The van der Waals surface area contributed by atoms with Gasteiger partial charge in [0.2, 0.25) is 0 Å². The number of nitrogens with one attached hydrogen (secondary N) is 2. The summed E-state index contributed by atoms with van der Waals surface area (Å²) in [7, 11) is 0. The highest BCUT2D eigenvalue weighted by Gasteiger charge is 2.35. The molecule has 2 N–H and O–H groups in total. The van der Waals surface area contributed by atoms with Crippen molar-refractivity contribution in [3.8, 4) is 0 Å². The van der Waals surface area contributed by atoms with Crippen LogP contribution in [0.4, 0.5) is 0 Å². The van der Waals surface area contributed by atoms with Crippen LogP contribution in [0.25, 0.3) is 16.8 Å². The number of unbranched alkanes of at least 4 members (excludes halogenated alkanes) is 3. The van der Waals surface area contributed by atoms with Crippen LogP contribution in [0.3, 0.4) is 0 Å². The van der Waals surface area contributed by atoms with Gasteiger partial charge < -0.3 is 0 Å². The van der Waals surface area contributed by atoms with Crippen LogP contribution in [0.1, 0.15) is 57.6 Å². The lowest BCUT2D eigenvalue weighted by Gasteiger charge is -2.18. The van der Waals surface area contributed by atoms with Gasteiger partial charge in [0.25, 0.3) is 5.91 Å². The predicted octanol–water partition coefficient (Wildman–Crippen LogP) is 4.76. The summed E-state index contributed by atoms with van der Waals surface area (Å²) in [6.45, 7) is 6.30. The highest BCUT2D eigenvalue weighted by Crippen LogP contribution is 2.30. The van der Waals surface area contributed by atoms with E-state index in [0.717, 1.165) is 12.0 Å². The number of fused-ring (bicyclic) bond motifs is 1. The van der Waals surface area contributed by atoms with Crippen molar-refractivity contribution < 1.29 is 4.79 Å². The Bertz CT molecular complexity index is 805. The molecule has 1 heterocycles. The fourth-order valence-corrected chi connectivity index (χ4v) is 3.49. The Kier molecular flexibility index (Phi) is 5.24. The van der Waals surface area contributed by atoms with Gasteiger partial charge in [-0.05, 0) is 54.7 Å². The number of carbonyl (C=O) groups is 1. The topological polar surface area (TPSA) is 41.1 Å². The van der Waals surface area contributed by atoms with Crippen molar-refractivity contribution >= 4 is 22.8 Å². The van der Waals surface area contributed by atoms with E-state index in [1.54, 1.807) is 0 Å². The lowest BCUT2D eigenvalue weighted by Crippen LogP contribution is -2.38. The van der Waals surface area contributed by atoms with Crippen LogP contribution in [-0.2, 0) is 11.2 Å². The van der Waals surface area contributed by atoms with E-state index in [0.29, 0.717) is 0 Å². The van der Waals surface area contributed by atoms with Crippen LogP contribution in [-0.4, -0.2) is 11.4 Å². The second-order valence-electron chi connectivity index (χ2n) is 7.43. The fraction of sp³-hybridized carbons (Fsp3) is 0.409. The van der Waals surface area contributed by atoms with Gasteiger partial charge in [0.1, 0.15) is 0 Å². The Morgan fingerprint density at radius 1 is 1.04 bits per heavy atom. The summed E-state index contributed by atoms with van der Waals surface area (Å²) >= 11 is 0. The summed E-state index contributed by atoms with van der Waals surface area (Å²) in [6.07, 6.45) is 8.12. The summed E-state index contributed by atoms with van der Waals surface area (Å²) in [5.74, 6) is -0.0325. The number of aryl methyl sites for hydroxylation is 1. The van der Waals surface area contributed by atoms with E-state index in [1.165, 1.54) is 47.6 Å². The Balaban J connectivity index is 2.05. The first-order valence-electron chi connectivity index (χ1n) is 9.33. The smallest absolute Gasteiger partial charge is 0.263 e. The standard InChI is InChI=1S/C22H28N2O/c1-4-5-6-7-10-17-14-13-16-11-8-9-12-18(16)19(17)15-20-21(25)23-24-22(20,2)3/h8-9,11-15,24H,4-7,10H2,1-3H3,(H,23,25)/b20-15+. The molecule has 0 saturated carbocycles. The largest absolute Gasteiger partial charge is 0.287 e. The zero-order valence-corrected chi connectivity index (χ0v) is 15.5. The first kappa shape index (κ1) is 17.7. The molecule has 1 amide bonds. The number of hydrogen-bond donors (Lipinski definition) is 2. The molecule has 0 aromatic heterocycles. The normalized spacial score (nSPS) is 18.0. The molecule has 3 heteroatoms. The van der Waals surface area contributed by atoms with E-state index >= 15 is 0 Å². The highest BCUT2D eigenvalue weighted by atomic mass is 16.2. The van der Waals surface area contributed by atoms with Gasteiger partial charge in [-0.25, -0.2) is 5.43 Å². The minimum absolute atomic E-state index is 0.0325. The lowest BCUT2D eigenvalue weighted by atomic mass is 9.89. The van der Waals surface area contributed by atoms with Gasteiger partial charge in [-0.2, -0.15) is 0 Å². The van der Waals surface area contributed by atoms with Crippen molar-refractivity contribution in [3.63, 3.8) is 0 Å². The second kappa shape index (κ2) is 7.40. The lowest BCUT2D eigenvalue weighted by molar-refractivity contribution is -0.116. The Morgan fingerprint density at radius 2 is 1.84 bits per heavy atom. The monoisotopic (exact) mass is 336 g/mol. The third-order valence-electron chi connectivity index (χ3n) is 5.06. The first-order valence-corrected chi connectivity index (χ1v) is 9.33. The number of hydrogen-bond acceptors (Lipinski definition) is 2. The maximum atomic E-state index is 12.3. The Labute approximate surface area is 150 Å². The van der Waals surface area contributed by atoms with Gasteiger partial charge in [-0.1, -0.05) is 62.6 Å². The third-order valence-corrected chi connectivity index (χ3v) is 5.06. The minimum atomic E-state index is -0.368. The summed E-state index contributed by atoms with van der Waals surface area (Å²) in [5, 5.41) is 2.44. The van der Waals surface area contributed by atoms with Crippen LogP contribution >= 0.6 is 0 Å². The van der Waals surface area contributed by atoms with Crippen LogP contribution in [0, 0.1) is 0 Å². The van der Waals surface area contributed by atoms with Crippen molar-refractivity contribution in [2.24, 2.45) is 0 Å². The van der Waals surface area contributed by atoms with Crippen LogP contribution in [0.2, 0.25) is 0 Å². The number of rotatable bonds is 6. The summed E-state index contributed by atoms with van der Waals surface area (Å²) in [4.78, 5) is 12.3. The second-order valence-corrected chi connectivity index (χ2v) is 7.43. The van der Waals surface area contributed by atoms with Crippen LogP contribution < -0.4 is 10.9 Å². The van der Waals surface area contributed by atoms with Crippen molar-refractivity contribution in [2.45, 2.75) is 58.4 Å². The quantitative estimate of drug-likeness (QED) is 0.590. The molecule has 0 radical (unpaired) electrons. The van der Waals surface area contributed by atoms with Gasteiger partial charge in [-0.3, -0.25) is 10.2 Å². The molecule has 3 nitrogen and oxygen atoms in total. The Hall–Kier alpha value is -2.13. The van der Waals surface area contributed by atoms with Crippen molar-refractivity contribution in [2.75, 3.05) is 0 Å². The average molecular weight is 336 g/mol. The molecule has 2 aromatic carbocycles. The molecule has 0 aliphatic carbocycles. The maximum Gasteiger partial charge on any atom is 0.263 e. The van der Waals surface area contributed by atoms with Gasteiger partial charge >= 0.3 is 0 Å². The first-order chi connectivity index (χ1) is 12.0. The predicted molar refractivity (Wildman–Crippen MR) is 105 cm³/mol. The SMILES string of the molecule is CCCCCCc1ccc2ccccc2c1/C=C1\C(=O)NNC1(C)C. The van der Waals surface area contributed by atoms with Crippen molar-refractivity contribution in [3.05, 3.63) is 53.1 Å². The van der Waals surface area contributed by atoms with E-state index in [2.05, 4.69) is 60.2 Å².